The van der Waals surface area contributed by atoms with Gasteiger partial charge in [0, 0.05) is 6.42 Å². The normalized spacial score (nSPS) is 17.5. The highest BCUT2D eigenvalue weighted by Gasteiger charge is 2.68. The second kappa shape index (κ2) is 12.2. The Hall–Kier alpha value is -2.46. The van der Waals surface area contributed by atoms with E-state index in [9.17, 15) is 48.7 Å². The molecule has 0 radical (unpaired) electrons. The lowest BCUT2D eigenvalue weighted by molar-refractivity contribution is -0.357. The number of hydrogen-bond donors (Lipinski definition) is 1. The Morgan fingerprint density at radius 3 is 2.05 bits per heavy atom. The van der Waals surface area contributed by atoms with Crippen LogP contribution in [0.1, 0.15) is 50.5 Å². The first-order valence-corrected chi connectivity index (χ1v) is 12.8. The zero-order chi connectivity index (χ0) is 28.8. The third-order valence-corrected chi connectivity index (χ3v) is 6.67. The lowest BCUT2D eigenvalue weighted by Gasteiger charge is -2.34. The second-order valence-electron chi connectivity index (χ2n) is 8.58. The van der Waals surface area contributed by atoms with Gasteiger partial charge in [0.15, 0.2) is 0 Å². The van der Waals surface area contributed by atoms with Crippen LogP contribution in [0.15, 0.2) is 30.3 Å². The number of ether oxygens (including phenoxy) is 3. The summed E-state index contributed by atoms with van der Waals surface area (Å²) < 4.78 is 140. The quantitative estimate of drug-likeness (QED) is 0.120. The van der Waals surface area contributed by atoms with Crippen molar-refractivity contribution in [1.82, 2.24) is 0 Å². The second-order valence-corrected chi connectivity index (χ2v) is 10.0. The average Bonchev–Trinajstić information content (AvgIpc) is 2.83. The van der Waals surface area contributed by atoms with E-state index in [1.807, 2.05) is 0 Å². The van der Waals surface area contributed by atoms with E-state index in [4.69, 9.17) is 4.55 Å². The number of halogens is 7. The molecule has 216 valence electrons. The molecule has 0 spiro atoms. The molecule has 0 aromatic heterocycles. The first-order valence-electron chi connectivity index (χ1n) is 11.3. The Morgan fingerprint density at radius 1 is 0.947 bits per heavy atom. The first-order chi connectivity index (χ1) is 17.4. The fraction of sp³-hybridized carbons (Fsp3) is 0.636. The van der Waals surface area contributed by atoms with Gasteiger partial charge in [0.2, 0.25) is 0 Å². The monoisotopic (exact) mass is 582 g/mol. The van der Waals surface area contributed by atoms with Gasteiger partial charge >= 0.3 is 45.2 Å². The number of rotatable bonds is 12. The molecule has 0 aliphatic heterocycles. The highest BCUT2D eigenvalue weighted by atomic mass is 32.2. The zero-order valence-corrected chi connectivity index (χ0v) is 20.5. The lowest BCUT2D eigenvalue weighted by Crippen LogP contribution is -2.59. The van der Waals surface area contributed by atoms with Gasteiger partial charge in [-0.2, -0.15) is 39.2 Å². The van der Waals surface area contributed by atoms with Crippen molar-refractivity contribution >= 4 is 22.1 Å². The van der Waals surface area contributed by atoms with Crippen molar-refractivity contribution in [2.75, 3.05) is 6.61 Å². The number of esters is 2. The standard InChI is InChI=1S/C22H25F7O8S/c23-19(24,22(28,29)38(32,33)34)12-7-13-36-20(21(25,26)27,37-17(30)16-10-5-2-6-11-16)18(31)35-14-15-8-3-1-4-9-15/h1,3-4,8-9,16H,2,5-7,10-14H2,(H,32,33,34). The lowest BCUT2D eigenvalue weighted by atomic mass is 9.89. The van der Waals surface area contributed by atoms with Crippen molar-refractivity contribution in [1.29, 1.82) is 0 Å². The number of carbonyl (C=O) groups excluding carboxylic acids is 2. The third kappa shape index (κ3) is 7.34. The van der Waals surface area contributed by atoms with Gasteiger partial charge in [-0.05, 0) is 24.8 Å². The number of hydrogen-bond acceptors (Lipinski definition) is 7. The van der Waals surface area contributed by atoms with Gasteiger partial charge in [-0.15, -0.1) is 0 Å². The summed E-state index contributed by atoms with van der Waals surface area (Å²) in [6.07, 6.45) is -7.24. The van der Waals surface area contributed by atoms with Gasteiger partial charge in [0.05, 0.1) is 12.5 Å². The van der Waals surface area contributed by atoms with Crippen LogP contribution in [0.5, 0.6) is 0 Å². The maximum Gasteiger partial charge on any atom is 0.468 e. The predicted octanol–water partition coefficient (Wildman–Crippen LogP) is 5.02. The molecule has 16 heteroatoms. The van der Waals surface area contributed by atoms with Crippen molar-refractivity contribution in [3.8, 4) is 0 Å². The summed E-state index contributed by atoms with van der Waals surface area (Å²) in [6, 6.07) is 7.34. The summed E-state index contributed by atoms with van der Waals surface area (Å²) in [5.41, 5.74) is 0.239. The SMILES string of the molecule is O=C(OC(OCCCC(F)(F)C(F)(F)S(=O)(=O)O)(C(=O)OCc1ccccc1)C(F)(F)F)C1CCCCC1. The molecule has 1 N–H and O–H groups in total. The predicted molar refractivity (Wildman–Crippen MR) is 114 cm³/mol. The van der Waals surface area contributed by atoms with Gasteiger partial charge in [0.25, 0.3) is 0 Å². The molecule has 0 heterocycles. The summed E-state index contributed by atoms with van der Waals surface area (Å²) in [5, 5.41) is -5.96. The van der Waals surface area contributed by atoms with Gasteiger partial charge in [-0.25, -0.2) is 4.79 Å². The molecule has 0 saturated heterocycles. The minimum absolute atomic E-state index is 0.156. The average molecular weight is 582 g/mol. The Bertz CT molecular complexity index is 1060. The van der Waals surface area contributed by atoms with Crippen molar-refractivity contribution in [2.24, 2.45) is 5.92 Å². The van der Waals surface area contributed by atoms with Crippen LogP contribution in [0.3, 0.4) is 0 Å². The smallest absolute Gasteiger partial charge is 0.456 e. The molecule has 1 aliphatic rings. The molecule has 1 saturated carbocycles. The van der Waals surface area contributed by atoms with Gasteiger partial charge in [-0.3, -0.25) is 9.35 Å². The van der Waals surface area contributed by atoms with Crippen molar-refractivity contribution in [3.63, 3.8) is 0 Å². The highest BCUT2D eigenvalue weighted by molar-refractivity contribution is 7.87. The van der Waals surface area contributed by atoms with E-state index >= 15 is 0 Å². The minimum atomic E-state index is -6.57. The molecule has 38 heavy (non-hydrogen) atoms. The maximum absolute atomic E-state index is 14.2. The minimum Gasteiger partial charge on any atom is -0.456 e. The fourth-order valence-corrected chi connectivity index (χ4v) is 4.09. The Kier molecular flexibility index (Phi) is 10.2. The summed E-state index contributed by atoms with van der Waals surface area (Å²) >= 11 is 0. The van der Waals surface area contributed by atoms with E-state index in [2.05, 4.69) is 14.2 Å². The molecule has 2 rings (SSSR count). The third-order valence-electron chi connectivity index (χ3n) is 5.73. The van der Waals surface area contributed by atoms with Crippen LogP contribution in [0.2, 0.25) is 0 Å². The highest BCUT2D eigenvalue weighted by Crippen LogP contribution is 2.42. The van der Waals surface area contributed by atoms with Crippen LogP contribution in [0.25, 0.3) is 0 Å². The number of alkyl halides is 7. The Balaban J connectivity index is 2.27. The largest absolute Gasteiger partial charge is 0.468 e. The number of benzene rings is 1. The molecule has 0 amide bonds. The topological polar surface area (TPSA) is 116 Å². The van der Waals surface area contributed by atoms with Crippen molar-refractivity contribution < 1.29 is 67.5 Å². The summed E-state index contributed by atoms with van der Waals surface area (Å²) in [6.45, 7) is -2.24. The molecule has 0 bridgehead atoms. The van der Waals surface area contributed by atoms with Crippen LogP contribution < -0.4 is 0 Å². The van der Waals surface area contributed by atoms with Gasteiger partial charge in [-0.1, -0.05) is 49.6 Å². The molecule has 1 aliphatic carbocycles. The molecule has 1 aromatic carbocycles. The van der Waals surface area contributed by atoms with E-state index in [1.54, 1.807) is 6.07 Å². The van der Waals surface area contributed by atoms with Crippen LogP contribution in [-0.2, 0) is 40.5 Å². The molecule has 1 atom stereocenters. The van der Waals surface area contributed by atoms with E-state index in [-0.39, 0.29) is 18.4 Å². The first kappa shape index (κ1) is 31.8. The molecule has 1 fully saturated rings. The molecular formula is C22H25F7O8S. The van der Waals surface area contributed by atoms with Crippen LogP contribution in [0, 0.1) is 5.92 Å². The van der Waals surface area contributed by atoms with Crippen LogP contribution in [-0.4, -0.2) is 54.7 Å². The van der Waals surface area contributed by atoms with E-state index in [1.165, 1.54) is 24.3 Å². The fourth-order valence-electron chi connectivity index (χ4n) is 3.61. The maximum atomic E-state index is 14.2. The Morgan fingerprint density at radius 2 is 1.53 bits per heavy atom. The molecular weight excluding hydrogens is 557 g/mol. The molecule has 1 unspecified atom stereocenters. The Labute approximate surface area is 213 Å². The summed E-state index contributed by atoms with van der Waals surface area (Å²) in [5.74, 6) is -14.6. The number of carbonyl (C=O) groups is 2. The van der Waals surface area contributed by atoms with Gasteiger partial charge in [0.1, 0.15) is 6.61 Å². The van der Waals surface area contributed by atoms with Gasteiger partial charge < -0.3 is 14.2 Å². The molecule has 1 aromatic rings. The van der Waals surface area contributed by atoms with Crippen LogP contribution in [0.4, 0.5) is 30.7 Å². The van der Waals surface area contributed by atoms with Crippen LogP contribution >= 0.6 is 0 Å². The molecule has 8 nitrogen and oxygen atoms in total. The van der Waals surface area contributed by atoms with E-state index < -0.39 is 77.2 Å². The zero-order valence-electron chi connectivity index (χ0n) is 19.7. The van der Waals surface area contributed by atoms with E-state index in [0.29, 0.717) is 19.3 Å². The summed E-state index contributed by atoms with van der Waals surface area (Å²) in [4.78, 5) is 25.2. The van der Waals surface area contributed by atoms with E-state index in [0.717, 1.165) is 0 Å². The van der Waals surface area contributed by atoms with Crippen molar-refractivity contribution in [2.45, 2.75) is 74.7 Å². The summed E-state index contributed by atoms with van der Waals surface area (Å²) in [7, 11) is -6.57. The van der Waals surface area contributed by atoms with Crippen molar-refractivity contribution in [3.05, 3.63) is 35.9 Å².